The van der Waals surface area contributed by atoms with Crippen LogP contribution in [0.15, 0.2) is 146 Å². The van der Waals surface area contributed by atoms with Crippen molar-refractivity contribution in [2.75, 3.05) is 0 Å². The Balaban J connectivity index is 1.38. The van der Waals surface area contributed by atoms with Gasteiger partial charge in [0.15, 0.2) is 0 Å². The number of hydrogen-bond donors (Lipinski definition) is 0. The molecular weight excluding hydrogens is 557 g/mol. The molecule has 0 fully saturated rings. The van der Waals surface area contributed by atoms with E-state index in [0.29, 0.717) is 0 Å². The molecule has 4 heteroatoms. The van der Waals surface area contributed by atoms with Crippen LogP contribution in [0.4, 0.5) is 0 Å². The first-order chi connectivity index (χ1) is 22.9. The topological polar surface area (TPSA) is 14.8 Å². The second-order valence-electron chi connectivity index (χ2n) is 12.9. The Bertz CT molecular complexity index is 2980. The molecule has 7 aromatic carbocycles. The third-order valence-corrected chi connectivity index (χ3v) is 10.8. The summed E-state index contributed by atoms with van der Waals surface area (Å²) in [5.74, 6) is 0. The normalized spacial score (nSPS) is 13.2. The van der Waals surface area contributed by atoms with Crippen LogP contribution in [0.2, 0.25) is 0 Å². The van der Waals surface area contributed by atoms with Crippen LogP contribution in [0, 0.1) is 0 Å². The minimum Gasteiger partial charge on any atom is -0.310 e. The van der Waals surface area contributed by atoms with Crippen molar-refractivity contribution in [3.63, 3.8) is 0 Å². The van der Waals surface area contributed by atoms with E-state index in [1.165, 1.54) is 98.9 Å². The quantitative estimate of drug-likeness (QED) is 0.174. The van der Waals surface area contributed by atoms with Crippen molar-refractivity contribution in [3.8, 4) is 17.1 Å². The first-order valence-corrected chi connectivity index (χ1v) is 16.1. The van der Waals surface area contributed by atoms with E-state index >= 15 is 0 Å². The molecule has 0 atom stereocenters. The van der Waals surface area contributed by atoms with Gasteiger partial charge in [0.2, 0.25) is 0 Å². The maximum Gasteiger partial charge on any atom is 0.252 e. The predicted molar refractivity (Wildman–Crippen MR) is 194 cm³/mol. The van der Waals surface area contributed by atoms with Crippen LogP contribution in [0.5, 0.6) is 0 Å². The summed E-state index contributed by atoms with van der Waals surface area (Å²) in [5.41, 5.74) is 15.6. The average Bonchev–Trinajstić information content (AvgIpc) is 3.76. The summed E-state index contributed by atoms with van der Waals surface area (Å²) < 4.78 is 7.59. The van der Waals surface area contributed by atoms with E-state index in [1.54, 1.807) is 0 Å². The fraction of sp³-hybridized carbons (Fsp3) is 0. The summed E-state index contributed by atoms with van der Waals surface area (Å²) >= 11 is 0. The van der Waals surface area contributed by atoms with Gasteiger partial charge in [-0.1, -0.05) is 97.1 Å². The van der Waals surface area contributed by atoms with Crippen molar-refractivity contribution in [1.82, 2.24) is 13.7 Å². The molecule has 5 heterocycles. The average molecular weight is 581 g/mol. The Hall–Kier alpha value is -6.00. The van der Waals surface area contributed by atoms with Crippen molar-refractivity contribution in [1.29, 1.82) is 0 Å². The number of benzene rings is 7. The lowest BCUT2D eigenvalue weighted by molar-refractivity contribution is 1.16. The molecule has 0 saturated heterocycles. The standard InChI is InChI=1S/C42H24BN3/c1-2-12-25(13-3-1)44-33-19-9-5-15-28(33)38-37(44)24-31-42-39(38)29-16-6-10-20-34(29)46(42)36-23-22-27-26-14-4-8-18-32(26)45-35-21-11-7-17-30(35)43(31)40(36)41(27)45/h1-24H. The molecule has 0 N–H and O–H groups in total. The van der Waals surface area contributed by atoms with Gasteiger partial charge in [0.05, 0.1) is 33.1 Å². The van der Waals surface area contributed by atoms with E-state index in [9.17, 15) is 0 Å². The third kappa shape index (κ3) is 2.54. The van der Waals surface area contributed by atoms with Gasteiger partial charge in [-0.2, -0.15) is 0 Å². The van der Waals surface area contributed by atoms with Gasteiger partial charge in [0.1, 0.15) is 0 Å². The van der Waals surface area contributed by atoms with E-state index in [4.69, 9.17) is 0 Å². The zero-order valence-electron chi connectivity index (χ0n) is 24.8. The summed E-state index contributed by atoms with van der Waals surface area (Å²) in [6.45, 7) is 0.109. The molecule has 0 unspecified atom stereocenters. The highest BCUT2D eigenvalue weighted by Crippen LogP contribution is 2.44. The maximum atomic E-state index is 2.58. The van der Waals surface area contributed by atoms with E-state index < -0.39 is 0 Å². The van der Waals surface area contributed by atoms with Crippen molar-refractivity contribution in [2.24, 2.45) is 0 Å². The largest absolute Gasteiger partial charge is 0.310 e. The lowest BCUT2D eigenvalue weighted by atomic mass is 9.34. The first kappa shape index (κ1) is 23.4. The summed E-state index contributed by atoms with van der Waals surface area (Å²) in [6, 6.07) is 54.1. The fourth-order valence-electron chi connectivity index (χ4n) is 9.18. The first-order valence-electron chi connectivity index (χ1n) is 16.1. The molecular formula is C42H24BN3. The van der Waals surface area contributed by atoms with Crippen LogP contribution in [0.3, 0.4) is 0 Å². The van der Waals surface area contributed by atoms with Gasteiger partial charge in [-0.15, -0.1) is 0 Å². The summed E-state index contributed by atoms with van der Waals surface area (Å²) in [5, 5.41) is 7.91. The number of nitrogens with zero attached hydrogens (tertiary/aromatic N) is 3. The van der Waals surface area contributed by atoms with Gasteiger partial charge in [-0.05, 0) is 64.9 Å². The van der Waals surface area contributed by atoms with Crippen molar-refractivity contribution in [3.05, 3.63) is 146 Å². The number of para-hydroxylation sites is 5. The Kier molecular flexibility index (Phi) is 4.06. The van der Waals surface area contributed by atoms with Gasteiger partial charge in [-0.3, -0.25) is 0 Å². The lowest BCUT2D eigenvalue weighted by Crippen LogP contribution is -2.59. The molecule has 46 heavy (non-hydrogen) atoms. The number of hydrogen-bond acceptors (Lipinski definition) is 0. The van der Waals surface area contributed by atoms with Crippen LogP contribution in [-0.4, -0.2) is 20.4 Å². The highest BCUT2D eigenvalue weighted by molar-refractivity contribution is 7.00. The van der Waals surface area contributed by atoms with E-state index in [2.05, 4.69) is 159 Å². The van der Waals surface area contributed by atoms with Crippen LogP contribution >= 0.6 is 0 Å². The molecule has 210 valence electrons. The zero-order valence-corrected chi connectivity index (χ0v) is 24.8. The third-order valence-electron chi connectivity index (χ3n) is 10.8. The molecule has 3 nitrogen and oxygen atoms in total. The molecule has 2 aliphatic heterocycles. The Morgan fingerprint density at radius 3 is 1.78 bits per heavy atom. The Labute approximate surface area is 264 Å². The maximum absolute atomic E-state index is 2.58. The fourth-order valence-corrected chi connectivity index (χ4v) is 9.18. The van der Waals surface area contributed by atoms with Crippen LogP contribution in [-0.2, 0) is 0 Å². The van der Waals surface area contributed by atoms with Crippen LogP contribution in [0.25, 0.3) is 82.5 Å². The number of rotatable bonds is 1. The molecule has 3 aromatic heterocycles. The summed E-state index contributed by atoms with van der Waals surface area (Å²) in [4.78, 5) is 0. The molecule has 0 spiro atoms. The van der Waals surface area contributed by atoms with Crippen molar-refractivity contribution >= 4 is 88.5 Å². The number of aromatic nitrogens is 3. The summed E-state index contributed by atoms with van der Waals surface area (Å²) in [7, 11) is 0. The van der Waals surface area contributed by atoms with E-state index in [1.807, 2.05) is 0 Å². The molecule has 2 aliphatic rings. The Morgan fingerprint density at radius 2 is 0.978 bits per heavy atom. The van der Waals surface area contributed by atoms with Crippen LogP contribution in [0.1, 0.15) is 0 Å². The highest BCUT2D eigenvalue weighted by Gasteiger charge is 2.41. The molecule has 0 radical (unpaired) electrons. The van der Waals surface area contributed by atoms with Gasteiger partial charge < -0.3 is 13.7 Å². The monoisotopic (exact) mass is 581 g/mol. The zero-order chi connectivity index (χ0) is 29.7. The molecule has 12 rings (SSSR count). The van der Waals surface area contributed by atoms with E-state index in [-0.39, 0.29) is 6.71 Å². The van der Waals surface area contributed by atoms with Gasteiger partial charge in [0, 0.05) is 49.4 Å². The minimum absolute atomic E-state index is 0.109. The van der Waals surface area contributed by atoms with Gasteiger partial charge in [0.25, 0.3) is 6.71 Å². The lowest BCUT2D eigenvalue weighted by Gasteiger charge is -2.33. The predicted octanol–water partition coefficient (Wildman–Crippen LogP) is 8.12. The number of fused-ring (bicyclic) bond motifs is 15. The van der Waals surface area contributed by atoms with Gasteiger partial charge in [-0.25, -0.2) is 0 Å². The van der Waals surface area contributed by atoms with Crippen molar-refractivity contribution in [2.45, 2.75) is 0 Å². The molecule has 0 saturated carbocycles. The Morgan fingerprint density at radius 1 is 0.370 bits per heavy atom. The molecule has 0 aliphatic carbocycles. The second kappa shape index (κ2) is 7.98. The summed E-state index contributed by atoms with van der Waals surface area (Å²) in [6.07, 6.45) is 0. The van der Waals surface area contributed by atoms with Crippen molar-refractivity contribution < 1.29 is 0 Å². The molecule has 10 aromatic rings. The molecule has 0 amide bonds. The minimum atomic E-state index is 0.109. The SMILES string of the molecule is c1ccc(-n2c3ccccc3c3c4c5ccccc5n5c4c(cc32)B2c3ccccc3-n3c4ccccc4c4ccc-5c2c43)cc1. The van der Waals surface area contributed by atoms with E-state index in [0.717, 1.165) is 0 Å². The molecule has 0 bridgehead atoms. The second-order valence-corrected chi connectivity index (χ2v) is 12.9. The highest BCUT2D eigenvalue weighted by atomic mass is 15.0. The smallest absolute Gasteiger partial charge is 0.252 e. The van der Waals surface area contributed by atoms with Crippen LogP contribution < -0.4 is 16.4 Å². The van der Waals surface area contributed by atoms with Gasteiger partial charge >= 0.3 is 0 Å².